The van der Waals surface area contributed by atoms with Gasteiger partial charge in [-0.05, 0) is 102 Å². The first-order valence-corrected chi connectivity index (χ1v) is 11.2. The van der Waals surface area contributed by atoms with Gasteiger partial charge in [0.25, 0.3) is 0 Å². The first-order chi connectivity index (χ1) is 12.8. The minimum atomic E-state index is -0.598. The Morgan fingerprint density at radius 3 is 2.63 bits per heavy atom. The van der Waals surface area contributed by atoms with Gasteiger partial charge in [-0.3, -0.25) is 0 Å². The number of aliphatic hydroxyl groups excluding tert-OH is 1. The molecule has 2 nitrogen and oxygen atoms in total. The van der Waals surface area contributed by atoms with Crippen molar-refractivity contribution in [1.82, 2.24) is 0 Å². The molecule has 0 bridgehead atoms. The smallest absolute Gasteiger partial charge is 0.0626 e. The Labute approximate surface area is 166 Å². The van der Waals surface area contributed by atoms with E-state index in [4.69, 9.17) is 0 Å². The van der Waals surface area contributed by atoms with Crippen molar-refractivity contribution >= 4 is 0 Å². The third-order valence-corrected chi connectivity index (χ3v) is 7.43. The van der Waals surface area contributed by atoms with Crippen LogP contribution in [0, 0.1) is 17.3 Å². The molecule has 0 radical (unpaired) electrons. The molecule has 0 aliphatic heterocycles. The Morgan fingerprint density at radius 2 is 1.89 bits per heavy atom. The average molecular weight is 373 g/mol. The highest BCUT2D eigenvalue weighted by Gasteiger charge is 2.48. The van der Waals surface area contributed by atoms with Gasteiger partial charge in [-0.2, -0.15) is 0 Å². The van der Waals surface area contributed by atoms with Crippen LogP contribution in [0.1, 0.15) is 91.4 Å². The Hall–Kier alpha value is -0.860. The van der Waals surface area contributed by atoms with Crippen molar-refractivity contribution < 1.29 is 10.2 Å². The van der Waals surface area contributed by atoms with Crippen LogP contribution >= 0.6 is 0 Å². The summed E-state index contributed by atoms with van der Waals surface area (Å²) in [5.74, 6) is 1.51. The Morgan fingerprint density at radius 1 is 1.07 bits per heavy atom. The van der Waals surface area contributed by atoms with Gasteiger partial charge in [-0.25, -0.2) is 0 Å². The van der Waals surface area contributed by atoms with Crippen molar-refractivity contribution in [3.8, 4) is 0 Å². The SMILES string of the molecule is CC(C)(O)C/C=C/C[C@H]1CCC2/C(=C/C=C3/CCC[C@H](O)C3)CCC[C@@]21C. The van der Waals surface area contributed by atoms with Crippen LogP contribution in [0.25, 0.3) is 0 Å². The summed E-state index contributed by atoms with van der Waals surface area (Å²) in [6.07, 6.45) is 21.8. The Balaban J connectivity index is 1.64. The lowest BCUT2D eigenvalue weighted by Crippen LogP contribution is -2.33. The largest absolute Gasteiger partial charge is 0.393 e. The second-order valence-electron chi connectivity index (χ2n) is 10.2. The molecule has 4 atom stereocenters. The van der Waals surface area contributed by atoms with Crippen LogP contribution in [0.4, 0.5) is 0 Å². The van der Waals surface area contributed by atoms with E-state index in [-0.39, 0.29) is 6.10 Å². The van der Waals surface area contributed by atoms with Crippen LogP contribution in [0.3, 0.4) is 0 Å². The van der Waals surface area contributed by atoms with Crippen molar-refractivity contribution in [3.63, 3.8) is 0 Å². The van der Waals surface area contributed by atoms with Gasteiger partial charge in [-0.1, -0.05) is 42.4 Å². The summed E-state index contributed by atoms with van der Waals surface area (Å²) >= 11 is 0. The maximum atomic E-state index is 9.91. The molecular formula is C25H40O2. The van der Waals surface area contributed by atoms with Crippen LogP contribution in [-0.2, 0) is 0 Å². The molecule has 3 aliphatic rings. The minimum absolute atomic E-state index is 0.119. The second kappa shape index (κ2) is 8.66. The lowest BCUT2D eigenvalue weighted by molar-refractivity contribution is 0.0837. The molecule has 0 aromatic rings. The number of hydrogen-bond donors (Lipinski definition) is 2. The number of aliphatic hydroxyl groups is 2. The summed E-state index contributed by atoms with van der Waals surface area (Å²) in [5, 5.41) is 19.8. The van der Waals surface area contributed by atoms with Crippen molar-refractivity contribution in [2.45, 2.75) is 103 Å². The molecule has 0 aromatic heterocycles. The molecule has 27 heavy (non-hydrogen) atoms. The van der Waals surface area contributed by atoms with Gasteiger partial charge in [-0.15, -0.1) is 0 Å². The first-order valence-electron chi connectivity index (χ1n) is 11.2. The van der Waals surface area contributed by atoms with Crippen LogP contribution in [-0.4, -0.2) is 21.9 Å². The zero-order valence-corrected chi connectivity index (χ0v) is 17.7. The highest BCUT2D eigenvalue weighted by Crippen LogP contribution is 2.58. The average Bonchev–Trinajstić information content (AvgIpc) is 2.93. The molecule has 3 rings (SSSR count). The third kappa shape index (κ3) is 5.35. The standard InChI is InChI=1S/C25H40O2/c1-24(2,27)16-5-4-10-21-14-15-23-20(9-7-17-25(21,23)3)13-12-19-8-6-11-22(26)18-19/h4-5,12-13,21-23,26-27H,6-11,14-18H2,1-3H3/b5-4+,19-12-,20-13+/t21-,22-,23?,25+/m0/s1. The molecule has 1 unspecified atom stereocenters. The van der Waals surface area contributed by atoms with Gasteiger partial charge < -0.3 is 10.2 Å². The van der Waals surface area contributed by atoms with E-state index in [2.05, 4.69) is 31.2 Å². The number of rotatable bonds is 5. The van der Waals surface area contributed by atoms with E-state index in [1.54, 1.807) is 5.57 Å². The number of hydrogen-bond acceptors (Lipinski definition) is 2. The predicted octanol–water partition coefficient (Wildman–Crippen LogP) is 6.10. The van der Waals surface area contributed by atoms with Gasteiger partial charge in [0.1, 0.15) is 0 Å². The van der Waals surface area contributed by atoms with E-state index in [1.165, 1.54) is 37.7 Å². The van der Waals surface area contributed by atoms with Crippen molar-refractivity contribution in [2.75, 3.05) is 0 Å². The maximum Gasteiger partial charge on any atom is 0.0626 e. The fourth-order valence-electron chi connectivity index (χ4n) is 5.81. The Kier molecular flexibility index (Phi) is 6.69. The number of fused-ring (bicyclic) bond motifs is 1. The molecule has 0 aromatic carbocycles. The fraction of sp³-hybridized carbons (Fsp3) is 0.760. The predicted molar refractivity (Wildman–Crippen MR) is 113 cm³/mol. The molecule has 2 N–H and O–H groups in total. The van der Waals surface area contributed by atoms with Gasteiger partial charge in [0, 0.05) is 0 Å². The monoisotopic (exact) mass is 372 g/mol. The van der Waals surface area contributed by atoms with Crippen molar-refractivity contribution in [2.24, 2.45) is 17.3 Å². The highest BCUT2D eigenvalue weighted by atomic mass is 16.3. The molecule has 0 saturated heterocycles. The van der Waals surface area contributed by atoms with E-state index in [9.17, 15) is 10.2 Å². The summed E-state index contributed by atoms with van der Waals surface area (Å²) in [7, 11) is 0. The van der Waals surface area contributed by atoms with Gasteiger partial charge in [0.15, 0.2) is 0 Å². The van der Waals surface area contributed by atoms with Gasteiger partial charge >= 0.3 is 0 Å². The topological polar surface area (TPSA) is 40.5 Å². The quantitative estimate of drug-likeness (QED) is 0.573. The lowest BCUT2D eigenvalue weighted by Gasteiger charge is -2.42. The molecular weight excluding hydrogens is 332 g/mol. The molecule has 0 spiro atoms. The molecule has 0 heterocycles. The highest BCUT2D eigenvalue weighted by molar-refractivity contribution is 5.25. The van der Waals surface area contributed by atoms with E-state index in [1.807, 2.05) is 13.8 Å². The van der Waals surface area contributed by atoms with Crippen LogP contribution in [0.2, 0.25) is 0 Å². The van der Waals surface area contributed by atoms with Crippen LogP contribution < -0.4 is 0 Å². The number of allylic oxidation sites excluding steroid dienone is 4. The summed E-state index contributed by atoms with van der Waals surface area (Å²) in [4.78, 5) is 0. The summed E-state index contributed by atoms with van der Waals surface area (Å²) in [6, 6.07) is 0. The van der Waals surface area contributed by atoms with E-state index in [0.29, 0.717) is 5.41 Å². The molecule has 0 amide bonds. The molecule has 2 heteroatoms. The molecule has 3 aliphatic carbocycles. The summed E-state index contributed by atoms with van der Waals surface area (Å²) in [6.45, 7) is 6.29. The molecule has 152 valence electrons. The zero-order valence-electron chi connectivity index (χ0n) is 17.7. The second-order valence-corrected chi connectivity index (χ2v) is 10.2. The normalized spacial score (nSPS) is 38.0. The fourth-order valence-corrected chi connectivity index (χ4v) is 5.81. The van der Waals surface area contributed by atoms with Crippen LogP contribution in [0.15, 0.2) is 35.5 Å². The summed E-state index contributed by atoms with van der Waals surface area (Å²) < 4.78 is 0. The third-order valence-electron chi connectivity index (χ3n) is 7.43. The van der Waals surface area contributed by atoms with Crippen molar-refractivity contribution in [1.29, 1.82) is 0 Å². The Bertz CT molecular complexity index is 592. The molecule has 3 fully saturated rings. The minimum Gasteiger partial charge on any atom is -0.393 e. The van der Waals surface area contributed by atoms with Crippen molar-refractivity contribution in [3.05, 3.63) is 35.5 Å². The lowest BCUT2D eigenvalue weighted by atomic mass is 9.63. The van der Waals surface area contributed by atoms with E-state index >= 15 is 0 Å². The van der Waals surface area contributed by atoms with Gasteiger partial charge in [0.05, 0.1) is 11.7 Å². The maximum absolute atomic E-state index is 9.91. The summed E-state index contributed by atoms with van der Waals surface area (Å²) in [5.41, 5.74) is 2.95. The molecule has 3 saturated carbocycles. The van der Waals surface area contributed by atoms with E-state index < -0.39 is 5.60 Å². The van der Waals surface area contributed by atoms with E-state index in [0.717, 1.165) is 50.4 Å². The van der Waals surface area contributed by atoms with Crippen LogP contribution in [0.5, 0.6) is 0 Å². The van der Waals surface area contributed by atoms with Gasteiger partial charge in [0.2, 0.25) is 0 Å². The first kappa shape index (κ1) is 20.9. The zero-order chi connectivity index (χ0) is 19.5.